The maximum absolute atomic E-state index is 11.6. The van der Waals surface area contributed by atoms with Crippen LogP contribution < -0.4 is 10.6 Å². The molecule has 1 aromatic carbocycles. The van der Waals surface area contributed by atoms with Crippen molar-refractivity contribution >= 4 is 22.0 Å². The summed E-state index contributed by atoms with van der Waals surface area (Å²) in [6.45, 7) is 8.35. The fourth-order valence-corrected chi connectivity index (χ4v) is 2.17. The lowest BCUT2D eigenvalue weighted by Gasteiger charge is -2.18. The second-order valence-corrected chi connectivity index (χ2v) is 5.08. The topological polar surface area (TPSA) is 44.4 Å². The number of nitrogens with zero attached hydrogens (tertiary/aromatic N) is 1. The minimum absolute atomic E-state index is 0.122. The molecule has 0 radical (unpaired) electrons. The number of carbonyl (C=O) groups excluding carboxylic acids is 1. The molecule has 0 fully saturated rings. The van der Waals surface area contributed by atoms with Crippen LogP contribution in [-0.2, 0) is 6.54 Å². The van der Waals surface area contributed by atoms with E-state index in [9.17, 15) is 4.79 Å². The van der Waals surface area contributed by atoms with Crippen molar-refractivity contribution in [3.63, 3.8) is 0 Å². The van der Waals surface area contributed by atoms with Gasteiger partial charge in [-0.1, -0.05) is 48.0 Å². The fourth-order valence-electron chi connectivity index (χ4n) is 1.75. The summed E-state index contributed by atoms with van der Waals surface area (Å²) in [6.07, 6.45) is 0. The third kappa shape index (κ3) is 6.07. The lowest BCUT2D eigenvalue weighted by Crippen LogP contribution is -2.40. The van der Waals surface area contributed by atoms with E-state index in [1.165, 1.54) is 0 Å². The van der Waals surface area contributed by atoms with Crippen molar-refractivity contribution in [2.75, 3.05) is 26.2 Å². The Labute approximate surface area is 123 Å². The van der Waals surface area contributed by atoms with Crippen LogP contribution in [0.3, 0.4) is 0 Å². The first-order valence-corrected chi connectivity index (χ1v) is 7.44. The molecule has 2 amide bonds. The Balaban J connectivity index is 2.23. The highest BCUT2D eigenvalue weighted by atomic mass is 79.9. The molecule has 4 nitrogen and oxygen atoms in total. The van der Waals surface area contributed by atoms with E-state index in [4.69, 9.17) is 0 Å². The van der Waals surface area contributed by atoms with Crippen LogP contribution in [-0.4, -0.2) is 37.1 Å². The van der Waals surface area contributed by atoms with Gasteiger partial charge in [-0.25, -0.2) is 4.79 Å². The van der Waals surface area contributed by atoms with Crippen LogP contribution in [0, 0.1) is 0 Å². The molecule has 0 saturated heterocycles. The van der Waals surface area contributed by atoms with Crippen molar-refractivity contribution in [3.8, 4) is 0 Å². The Bertz CT molecular complexity index is 394. The lowest BCUT2D eigenvalue weighted by molar-refractivity contribution is 0.236. The van der Waals surface area contributed by atoms with Gasteiger partial charge in [-0.2, -0.15) is 0 Å². The van der Waals surface area contributed by atoms with Gasteiger partial charge in [0.1, 0.15) is 0 Å². The minimum Gasteiger partial charge on any atom is -0.337 e. The molecule has 0 aliphatic heterocycles. The van der Waals surface area contributed by atoms with Gasteiger partial charge in [-0.3, -0.25) is 0 Å². The SMILES string of the molecule is CCN(CC)CCNC(=O)NCc1ccccc1Br. The zero-order chi connectivity index (χ0) is 14.1. The molecule has 106 valence electrons. The molecule has 5 heteroatoms. The molecule has 0 heterocycles. The molecule has 0 aromatic heterocycles. The van der Waals surface area contributed by atoms with E-state index in [1.807, 2.05) is 24.3 Å². The standard InChI is InChI=1S/C14H22BrN3O/c1-3-18(4-2)10-9-16-14(19)17-11-12-7-5-6-8-13(12)15/h5-8H,3-4,9-11H2,1-2H3,(H2,16,17,19). The number of halogens is 1. The Morgan fingerprint density at radius 3 is 2.53 bits per heavy atom. The van der Waals surface area contributed by atoms with Gasteiger partial charge < -0.3 is 15.5 Å². The first kappa shape index (κ1) is 16.0. The predicted molar refractivity (Wildman–Crippen MR) is 82.2 cm³/mol. The minimum atomic E-state index is -0.122. The molecular weight excluding hydrogens is 306 g/mol. The van der Waals surface area contributed by atoms with Crippen LogP contribution in [0.1, 0.15) is 19.4 Å². The highest BCUT2D eigenvalue weighted by Crippen LogP contribution is 2.15. The molecule has 0 spiro atoms. The number of amides is 2. The van der Waals surface area contributed by atoms with E-state index < -0.39 is 0 Å². The third-order valence-electron chi connectivity index (χ3n) is 3.01. The third-order valence-corrected chi connectivity index (χ3v) is 3.78. The van der Waals surface area contributed by atoms with Crippen molar-refractivity contribution in [2.45, 2.75) is 20.4 Å². The Kier molecular flexibility index (Phi) is 7.52. The smallest absolute Gasteiger partial charge is 0.315 e. The Morgan fingerprint density at radius 1 is 1.21 bits per heavy atom. The summed E-state index contributed by atoms with van der Waals surface area (Å²) in [5, 5.41) is 5.72. The average molecular weight is 328 g/mol. The molecule has 0 aliphatic rings. The number of hydrogen-bond acceptors (Lipinski definition) is 2. The molecule has 0 aliphatic carbocycles. The quantitative estimate of drug-likeness (QED) is 0.808. The van der Waals surface area contributed by atoms with Crippen molar-refractivity contribution in [1.82, 2.24) is 15.5 Å². The monoisotopic (exact) mass is 327 g/mol. The maximum atomic E-state index is 11.6. The summed E-state index contributed by atoms with van der Waals surface area (Å²) in [4.78, 5) is 13.9. The van der Waals surface area contributed by atoms with Crippen molar-refractivity contribution in [3.05, 3.63) is 34.3 Å². The van der Waals surface area contributed by atoms with Gasteiger partial charge in [0, 0.05) is 24.1 Å². The van der Waals surface area contributed by atoms with Crippen LogP contribution in [0.25, 0.3) is 0 Å². The second kappa shape index (κ2) is 8.93. The summed E-state index contributed by atoms with van der Waals surface area (Å²) in [5.41, 5.74) is 1.07. The molecule has 0 saturated carbocycles. The normalized spacial score (nSPS) is 10.5. The number of hydrogen-bond donors (Lipinski definition) is 2. The zero-order valence-corrected chi connectivity index (χ0v) is 13.2. The van der Waals surface area contributed by atoms with Crippen LogP contribution in [0.15, 0.2) is 28.7 Å². The van der Waals surface area contributed by atoms with Gasteiger partial charge in [-0.15, -0.1) is 0 Å². The second-order valence-electron chi connectivity index (χ2n) is 4.23. The lowest BCUT2D eigenvalue weighted by atomic mass is 10.2. The van der Waals surface area contributed by atoms with Crippen molar-refractivity contribution in [2.24, 2.45) is 0 Å². The summed E-state index contributed by atoms with van der Waals surface area (Å²) >= 11 is 3.46. The van der Waals surface area contributed by atoms with E-state index in [0.717, 1.165) is 29.7 Å². The summed E-state index contributed by atoms with van der Waals surface area (Å²) < 4.78 is 1.01. The predicted octanol–water partition coefficient (Wildman–Crippen LogP) is 2.59. The van der Waals surface area contributed by atoms with Gasteiger partial charge in [0.15, 0.2) is 0 Å². The maximum Gasteiger partial charge on any atom is 0.315 e. The van der Waals surface area contributed by atoms with Crippen LogP contribution in [0.5, 0.6) is 0 Å². The first-order valence-electron chi connectivity index (χ1n) is 6.64. The highest BCUT2D eigenvalue weighted by molar-refractivity contribution is 9.10. The number of likely N-dealkylation sites (N-methyl/N-ethyl adjacent to an activating group) is 1. The van der Waals surface area contributed by atoms with Crippen LogP contribution >= 0.6 is 15.9 Å². The number of urea groups is 1. The number of benzene rings is 1. The number of carbonyl (C=O) groups is 1. The van der Waals surface area contributed by atoms with E-state index in [2.05, 4.69) is 45.3 Å². The Morgan fingerprint density at radius 2 is 1.89 bits per heavy atom. The first-order chi connectivity index (χ1) is 9.17. The molecule has 19 heavy (non-hydrogen) atoms. The fraction of sp³-hybridized carbons (Fsp3) is 0.500. The number of rotatable bonds is 7. The van der Waals surface area contributed by atoms with Gasteiger partial charge in [-0.05, 0) is 24.7 Å². The molecule has 2 N–H and O–H groups in total. The van der Waals surface area contributed by atoms with Gasteiger partial charge in [0.2, 0.25) is 0 Å². The van der Waals surface area contributed by atoms with Gasteiger partial charge in [0.25, 0.3) is 0 Å². The van der Waals surface area contributed by atoms with Crippen LogP contribution in [0.4, 0.5) is 4.79 Å². The van der Waals surface area contributed by atoms with Gasteiger partial charge in [0.05, 0.1) is 0 Å². The molecule has 0 atom stereocenters. The molecule has 0 bridgehead atoms. The average Bonchev–Trinajstić information content (AvgIpc) is 2.43. The van der Waals surface area contributed by atoms with Crippen molar-refractivity contribution in [1.29, 1.82) is 0 Å². The summed E-state index contributed by atoms with van der Waals surface area (Å²) in [7, 11) is 0. The van der Waals surface area contributed by atoms with Crippen LogP contribution in [0.2, 0.25) is 0 Å². The summed E-state index contributed by atoms with van der Waals surface area (Å²) in [6, 6.07) is 7.75. The number of nitrogens with one attached hydrogen (secondary N) is 2. The van der Waals surface area contributed by atoms with Crippen molar-refractivity contribution < 1.29 is 4.79 Å². The Hall–Kier alpha value is -1.07. The molecular formula is C14H22BrN3O. The molecule has 0 unspecified atom stereocenters. The van der Waals surface area contributed by atoms with E-state index in [1.54, 1.807) is 0 Å². The molecule has 1 aromatic rings. The van der Waals surface area contributed by atoms with E-state index >= 15 is 0 Å². The highest BCUT2D eigenvalue weighted by Gasteiger charge is 2.03. The van der Waals surface area contributed by atoms with E-state index in [0.29, 0.717) is 13.1 Å². The largest absolute Gasteiger partial charge is 0.337 e. The van der Waals surface area contributed by atoms with Gasteiger partial charge >= 0.3 is 6.03 Å². The zero-order valence-electron chi connectivity index (χ0n) is 11.6. The summed E-state index contributed by atoms with van der Waals surface area (Å²) in [5.74, 6) is 0. The van der Waals surface area contributed by atoms with E-state index in [-0.39, 0.29) is 6.03 Å². The molecule has 1 rings (SSSR count).